The Hall–Kier alpha value is -0.610. The van der Waals surface area contributed by atoms with Crippen molar-refractivity contribution in [1.82, 2.24) is 5.32 Å². The monoisotopic (exact) mass is 173 g/mol. The third kappa shape index (κ3) is 1.76. The smallest absolute Gasteiger partial charge is 0.351 e. The number of rotatable bonds is 3. The summed E-state index contributed by atoms with van der Waals surface area (Å²) < 4.78 is 5.35. The number of ether oxygens (including phenoxy) is 1. The standard InChI is InChI=1S/C8H15NO3/c1-6(2)12-8(7(10)11)4-3-5-9-8/h6,9H,3-5H2,1-2H3,(H,10,11)/t8-/m1/s1. The van der Waals surface area contributed by atoms with Crippen molar-refractivity contribution in [2.24, 2.45) is 0 Å². The van der Waals surface area contributed by atoms with Gasteiger partial charge in [-0.15, -0.1) is 0 Å². The zero-order chi connectivity index (χ0) is 9.19. The van der Waals surface area contributed by atoms with E-state index in [0.717, 1.165) is 13.0 Å². The van der Waals surface area contributed by atoms with Crippen LogP contribution in [0, 0.1) is 0 Å². The molecule has 1 aliphatic rings. The average Bonchev–Trinajstić information content (AvgIpc) is 2.35. The first-order chi connectivity index (χ1) is 5.57. The molecular formula is C8H15NO3. The summed E-state index contributed by atoms with van der Waals surface area (Å²) in [5.41, 5.74) is -1.12. The van der Waals surface area contributed by atoms with Crippen molar-refractivity contribution in [3.63, 3.8) is 0 Å². The Kier molecular flexibility index (Phi) is 2.69. The van der Waals surface area contributed by atoms with Gasteiger partial charge in [0.2, 0.25) is 5.72 Å². The van der Waals surface area contributed by atoms with Gasteiger partial charge >= 0.3 is 5.97 Å². The number of carboxylic acid groups (broad SMARTS) is 1. The van der Waals surface area contributed by atoms with Crippen molar-refractivity contribution in [2.75, 3.05) is 6.54 Å². The Morgan fingerprint density at radius 1 is 1.67 bits per heavy atom. The molecule has 1 atom stereocenters. The zero-order valence-corrected chi connectivity index (χ0v) is 7.46. The number of nitrogens with one attached hydrogen (secondary N) is 1. The molecule has 12 heavy (non-hydrogen) atoms. The van der Waals surface area contributed by atoms with Crippen molar-refractivity contribution in [1.29, 1.82) is 0 Å². The minimum atomic E-state index is -1.12. The summed E-state index contributed by atoms with van der Waals surface area (Å²) in [6.07, 6.45) is 1.35. The van der Waals surface area contributed by atoms with Gasteiger partial charge in [0.25, 0.3) is 0 Å². The lowest BCUT2D eigenvalue weighted by Crippen LogP contribution is -2.51. The van der Waals surface area contributed by atoms with Gasteiger partial charge in [0, 0.05) is 6.42 Å². The molecule has 0 aromatic rings. The molecule has 2 N–H and O–H groups in total. The SMILES string of the molecule is CC(C)O[C@@]1(C(=O)O)CCCN1. The van der Waals surface area contributed by atoms with E-state index in [1.165, 1.54) is 0 Å². The highest BCUT2D eigenvalue weighted by atomic mass is 16.5. The van der Waals surface area contributed by atoms with Crippen LogP contribution in [-0.4, -0.2) is 29.4 Å². The molecule has 0 radical (unpaired) electrons. The second kappa shape index (κ2) is 3.41. The third-order valence-corrected chi connectivity index (χ3v) is 1.90. The first kappa shape index (κ1) is 9.48. The predicted octanol–water partition coefficient (Wildman–Crippen LogP) is 0.576. The van der Waals surface area contributed by atoms with Crippen LogP contribution in [-0.2, 0) is 9.53 Å². The van der Waals surface area contributed by atoms with Crippen LogP contribution in [0.4, 0.5) is 0 Å². The number of carboxylic acids is 1. The van der Waals surface area contributed by atoms with Crippen molar-refractivity contribution in [3.8, 4) is 0 Å². The third-order valence-electron chi connectivity index (χ3n) is 1.90. The Balaban J connectivity index is 2.65. The molecular weight excluding hydrogens is 158 g/mol. The van der Waals surface area contributed by atoms with E-state index >= 15 is 0 Å². The summed E-state index contributed by atoms with van der Waals surface area (Å²) in [6, 6.07) is 0. The molecule has 0 aliphatic carbocycles. The van der Waals surface area contributed by atoms with E-state index in [-0.39, 0.29) is 6.10 Å². The summed E-state index contributed by atoms with van der Waals surface area (Å²) >= 11 is 0. The van der Waals surface area contributed by atoms with E-state index in [0.29, 0.717) is 6.42 Å². The topological polar surface area (TPSA) is 58.6 Å². The maximum absolute atomic E-state index is 10.9. The molecule has 1 fully saturated rings. The fraction of sp³-hybridized carbons (Fsp3) is 0.875. The quantitative estimate of drug-likeness (QED) is 0.655. The highest BCUT2D eigenvalue weighted by Crippen LogP contribution is 2.22. The van der Waals surface area contributed by atoms with E-state index < -0.39 is 11.7 Å². The average molecular weight is 173 g/mol. The van der Waals surface area contributed by atoms with Gasteiger partial charge in [0.05, 0.1) is 6.10 Å². The van der Waals surface area contributed by atoms with Crippen LogP contribution < -0.4 is 5.32 Å². The van der Waals surface area contributed by atoms with Crippen LogP contribution in [0.2, 0.25) is 0 Å². The lowest BCUT2D eigenvalue weighted by Gasteiger charge is -2.26. The number of hydrogen-bond acceptors (Lipinski definition) is 3. The Labute approximate surface area is 71.9 Å². The van der Waals surface area contributed by atoms with E-state index in [9.17, 15) is 4.79 Å². The second-order valence-electron chi connectivity index (χ2n) is 3.33. The maximum Gasteiger partial charge on any atom is 0.351 e. The normalized spacial score (nSPS) is 29.6. The van der Waals surface area contributed by atoms with Crippen LogP contribution in [0.1, 0.15) is 26.7 Å². The van der Waals surface area contributed by atoms with Crippen molar-refractivity contribution < 1.29 is 14.6 Å². The van der Waals surface area contributed by atoms with Crippen molar-refractivity contribution in [3.05, 3.63) is 0 Å². The van der Waals surface area contributed by atoms with Crippen molar-refractivity contribution in [2.45, 2.75) is 38.5 Å². The largest absolute Gasteiger partial charge is 0.478 e. The van der Waals surface area contributed by atoms with E-state index in [1.54, 1.807) is 0 Å². The molecule has 0 aromatic carbocycles. The van der Waals surface area contributed by atoms with Gasteiger partial charge in [-0.2, -0.15) is 0 Å². The highest BCUT2D eigenvalue weighted by molar-refractivity contribution is 5.77. The van der Waals surface area contributed by atoms with Gasteiger partial charge in [-0.05, 0) is 26.8 Å². The molecule has 1 rings (SSSR count). The molecule has 0 amide bonds. The summed E-state index contributed by atoms with van der Waals surface area (Å²) in [5, 5.41) is 11.8. The maximum atomic E-state index is 10.9. The fourth-order valence-corrected chi connectivity index (χ4v) is 1.45. The predicted molar refractivity (Wildman–Crippen MR) is 43.8 cm³/mol. The minimum absolute atomic E-state index is 0.0632. The molecule has 0 aromatic heterocycles. The Morgan fingerprint density at radius 2 is 2.33 bits per heavy atom. The summed E-state index contributed by atoms with van der Waals surface area (Å²) in [7, 11) is 0. The summed E-state index contributed by atoms with van der Waals surface area (Å²) in [5.74, 6) is -0.909. The molecule has 1 heterocycles. The Morgan fingerprint density at radius 3 is 2.67 bits per heavy atom. The first-order valence-electron chi connectivity index (χ1n) is 4.23. The van der Waals surface area contributed by atoms with Crippen LogP contribution in [0.15, 0.2) is 0 Å². The summed E-state index contributed by atoms with van der Waals surface area (Å²) in [6.45, 7) is 4.40. The van der Waals surface area contributed by atoms with E-state index in [4.69, 9.17) is 9.84 Å². The van der Waals surface area contributed by atoms with Crippen LogP contribution in [0.3, 0.4) is 0 Å². The van der Waals surface area contributed by atoms with Gasteiger partial charge in [-0.1, -0.05) is 0 Å². The van der Waals surface area contributed by atoms with E-state index in [1.807, 2.05) is 13.8 Å². The van der Waals surface area contributed by atoms with Gasteiger partial charge in [0.15, 0.2) is 0 Å². The van der Waals surface area contributed by atoms with Gasteiger partial charge in [-0.25, -0.2) is 4.79 Å². The number of carbonyl (C=O) groups is 1. The summed E-state index contributed by atoms with van der Waals surface area (Å²) in [4.78, 5) is 10.9. The van der Waals surface area contributed by atoms with Crippen LogP contribution in [0.25, 0.3) is 0 Å². The molecule has 0 bridgehead atoms. The number of aliphatic carboxylic acids is 1. The molecule has 1 aliphatic heterocycles. The molecule has 0 saturated carbocycles. The van der Waals surface area contributed by atoms with Crippen LogP contribution in [0.5, 0.6) is 0 Å². The molecule has 0 unspecified atom stereocenters. The Bertz CT molecular complexity index is 173. The molecule has 0 spiro atoms. The lowest BCUT2D eigenvalue weighted by molar-refractivity contribution is -0.174. The lowest BCUT2D eigenvalue weighted by atomic mass is 10.1. The minimum Gasteiger partial charge on any atom is -0.478 e. The zero-order valence-electron chi connectivity index (χ0n) is 7.46. The molecule has 70 valence electrons. The highest BCUT2D eigenvalue weighted by Gasteiger charge is 2.42. The molecule has 4 heteroatoms. The number of hydrogen-bond donors (Lipinski definition) is 2. The first-order valence-corrected chi connectivity index (χ1v) is 4.23. The molecule has 4 nitrogen and oxygen atoms in total. The van der Waals surface area contributed by atoms with Gasteiger partial charge < -0.3 is 9.84 Å². The fourth-order valence-electron chi connectivity index (χ4n) is 1.45. The van der Waals surface area contributed by atoms with Gasteiger partial charge in [0.1, 0.15) is 0 Å². The molecule has 1 saturated heterocycles. The van der Waals surface area contributed by atoms with Crippen molar-refractivity contribution >= 4 is 5.97 Å². The van der Waals surface area contributed by atoms with E-state index in [2.05, 4.69) is 5.32 Å². The van der Waals surface area contributed by atoms with Gasteiger partial charge in [-0.3, -0.25) is 5.32 Å². The second-order valence-corrected chi connectivity index (χ2v) is 3.33. The van der Waals surface area contributed by atoms with Crippen LogP contribution >= 0.6 is 0 Å².